The number of carbonyl (C=O) groups excluding carboxylic acids is 1. The Morgan fingerprint density at radius 3 is 2.67 bits per heavy atom. The number of nitrogens with zero attached hydrogens (tertiary/aromatic N) is 2. The number of carbonyl (C=O) groups is 1. The van der Waals surface area contributed by atoms with E-state index < -0.39 is 0 Å². The highest BCUT2D eigenvalue weighted by Crippen LogP contribution is 2.22. The molecule has 5 heteroatoms. The van der Waals surface area contributed by atoms with Crippen LogP contribution in [0.5, 0.6) is 5.75 Å². The highest BCUT2D eigenvalue weighted by atomic mass is 32.1. The van der Waals surface area contributed by atoms with Crippen LogP contribution >= 0.6 is 11.3 Å². The molecule has 1 aliphatic heterocycles. The molecule has 1 aliphatic rings. The molecule has 0 N–H and O–H groups in total. The van der Waals surface area contributed by atoms with Gasteiger partial charge in [-0.2, -0.15) is 11.3 Å². The van der Waals surface area contributed by atoms with Crippen molar-refractivity contribution in [3.8, 4) is 5.75 Å². The predicted molar refractivity (Wildman–Crippen MR) is 85.4 cm³/mol. The van der Waals surface area contributed by atoms with E-state index in [4.69, 9.17) is 4.74 Å². The maximum absolute atomic E-state index is 12.3. The Morgan fingerprint density at radius 2 is 2.00 bits per heavy atom. The second kappa shape index (κ2) is 6.18. The van der Waals surface area contributed by atoms with Crippen molar-refractivity contribution in [2.24, 2.45) is 0 Å². The van der Waals surface area contributed by atoms with Crippen molar-refractivity contribution in [1.29, 1.82) is 0 Å². The molecule has 0 atom stereocenters. The fourth-order valence-corrected chi connectivity index (χ4v) is 3.17. The average molecular weight is 302 g/mol. The highest BCUT2D eigenvalue weighted by Gasteiger charge is 2.22. The van der Waals surface area contributed by atoms with E-state index >= 15 is 0 Å². The summed E-state index contributed by atoms with van der Waals surface area (Å²) in [5.74, 6) is 1.01. The van der Waals surface area contributed by atoms with Crippen LogP contribution in [0.25, 0.3) is 0 Å². The van der Waals surface area contributed by atoms with Gasteiger partial charge in [0.05, 0.1) is 12.7 Å². The first kappa shape index (κ1) is 13.9. The maximum Gasteiger partial charge on any atom is 0.254 e. The van der Waals surface area contributed by atoms with Crippen molar-refractivity contribution < 1.29 is 9.53 Å². The van der Waals surface area contributed by atoms with Crippen LogP contribution in [-0.2, 0) is 0 Å². The Labute approximate surface area is 128 Å². The molecule has 110 valence electrons. The van der Waals surface area contributed by atoms with E-state index in [1.165, 1.54) is 0 Å². The third-order valence-electron chi connectivity index (χ3n) is 3.75. The number of rotatable bonds is 3. The molecular weight excluding hydrogens is 284 g/mol. The van der Waals surface area contributed by atoms with Crippen LogP contribution in [0.15, 0.2) is 41.1 Å². The smallest absolute Gasteiger partial charge is 0.254 e. The molecule has 4 nitrogen and oxygen atoms in total. The summed E-state index contributed by atoms with van der Waals surface area (Å²) >= 11 is 1.56. The van der Waals surface area contributed by atoms with Crippen LogP contribution in [0.3, 0.4) is 0 Å². The van der Waals surface area contributed by atoms with Crippen molar-refractivity contribution >= 4 is 22.9 Å². The van der Waals surface area contributed by atoms with Gasteiger partial charge in [0.15, 0.2) is 0 Å². The quantitative estimate of drug-likeness (QED) is 0.874. The van der Waals surface area contributed by atoms with Gasteiger partial charge in [-0.1, -0.05) is 6.07 Å². The summed E-state index contributed by atoms with van der Waals surface area (Å²) < 4.78 is 5.26. The van der Waals surface area contributed by atoms with Gasteiger partial charge in [0, 0.05) is 43.3 Å². The van der Waals surface area contributed by atoms with Gasteiger partial charge in [0.1, 0.15) is 5.75 Å². The first-order valence-corrected chi connectivity index (χ1v) is 7.92. The van der Waals surface area contributed by atoms with E-state index in [0.29, 0.717) is 0 Å². The van der Waals surface area contributed by atoms with E-state index in [1.807, 2.05) is 39.9 Å². The normalized spacial score (nSPS) is 15.1. The standard InChI is InChI=1S/C16H18N2O2S/c1-20-15-4-2-3-14(11-15)17-6-8-18(9-7-17)16(19)13-5-10-21-12-13/h2-5,10-12H,6-9H2,1H3. The van der Waals surface area contributed by atoms with Crippen LogP contribution in [-0.4, -0.2) is 44.1 Å². The lowest BCUT2D eigenvalue weighted by atomic mass is 10.2. The van der Waals surface area contributed by atoms with Crippen LogP contribution in [0.2, 0.25) is 0 Å². The Balaban J connectivity index is 1.63. The van der Waals surface area contributed by atoms with Crippen LogP contribution < -0.4 is 9.64 Å². The third-order valence-corrected chi connectivity index (χ3v) is 4.44. The first-order valence-electron chi connectivity index (χ1n) is 6.98. The number of amides is 1. The van der Waals surface area contributed by atoms with E-state index in [-0.39, 0.29) is 5.91 Å². The number of hydrogen-bond acceptors (Lipinski definition) is 4. The molecule has 0 aliphatic carbocycles. The topological polar surface area (TPSA) is 32.8 Å². The second-order valence-electron chi connectivity index (χ2n) is 4.99. The minimum absolute atomic E-state index is 0.140. The summed E-state index contributed by atoms with van der Waals surface area (Å²) in [4.78, 5) is 16.5. The molecule has 2 aromatic rings. The highest BCUT2D eigenvalue weighted by molar-refractivity contribution is 7.08. The Bertz CT molecular complexity index is 604. The minimum Gasteiger partial charge on any atom is -0.497 e. The fourth-order valence-electron chi connectivity index (χ4n) is 2.54. The average Bonchev–Trinajstić information content (AvgIpc) is 3.09. The molecule has 0 radical (unpaired) electrons. The minimum atomic E-state index is 0.140. The summed E-state index contributed by atoms with van der Waals surface area (Å²) in [6.07, 6.45) is 0. The Hall–Kier alpha value is -2.01. The van der Waals surface area contributed by atoms with Crippen molar-refractivity contribution in [2.75, 3.05) is 38.2 Å². The van der Waals surface area contributed by atoms with Crippen LogP contribution in [0.4, 0.5) is 5.69 Å². The molecule has 1 aromatic carbocycles. The number of ether oxygens (including phenoxy) is 1. The molecule has 3 rings (SSSR count). The number of benzene rings is 1. The number of thiophene rings is 1. The van der Waals surface area contributed by atoms with Gasteiger partial charge >= 0.3 is 0 Å². The zero-order valence-electron chi connectivity index (χ0n) is 12.0. The van der Waals surface area contributed by atoms with Crippen molar-refractivity contribution in [3.05, 3.63) is 46.7 Å². The number of methoxy groups -OCH3 is 1. The summed E-state index contributed by atoms with van der Waals surface area (Å²) in [6, 6.07) is 9.95. The molecule has 0 saturated carbocycles. The Morgan fingerprint density at radius 1 is 1.19 bits per heavy atom. The number of piperazine rings is 1. The summed E-state index contributed by atoms with van der Waals surface area (Å²) in [5, 5.41) is 3.86. The van der Waals surface area contributed by atoms with E-state index in [1.54, 1.807) is 18.4 Å². The summed E-state index contributed by atoms with van der Waals surface area (Å²) in [7, 11) is 1.68. The lowest BCUT2D eigenvalue weighted by Crippen LogP contribution is -2.48. The van der Waals surface area contributed by atoms with E-state index in [0.717, 1.165) is 43.2 Å². The van der Waals surface area contributed by atoms with Gasteiger partial charge < -0.3 is 14.5 Å². The number of anilines is 1. The second-order valence-corrected chi connectivity index (χ2v) is 5.77. The van der Waals surface area contributed by atoms with Crippen molar-refractivity contribution in [2.45, 2.75) is 0 Å². The summed E-state index contributed by atoms with van der Waals surface area (Å²) in [6.45, 7) is 3.21. The van der Waals surface area contributed by atoms with Crippen LogP contribution in [0, 0.1) is 0 Å². The van der Waals surface area contributed by atoms with Crippen LogP contribution in [0.1, 0.15) is 10.4 Å². The number of hydrogen-bond donors (Lipinski definition) is 0. The largest absolute Gasteiger partial charge is 0.497 e. The fraction of sp³-hybridized carbons (Fsp3) is 0.312. The monoisotopic (exact) mass is 302 g/mol. The zero-order valence-corrected chi connectivity index (χ0v) is 12.8. The van der Waals surface area contributed by atoms with Crippen molar-refractivity contribution in [3.63, 3.8) is 0 Å². The molecule has 0 bridgehead atoms. The van der Waals surface area contributed by atoms with Gasteiger partial charge in [-0.05, 0) is 23.6 Å². The van der Waals surface area contributed by atoms with Gasteiger partial charge in [-0.25, -0.2) is 0 Å². The molecule has 1 aromatic heterocycles. The van der Waals surface area contributed by atoms with Gasteiger partial charge in [-0.15, -0.1) is 0 Å². The third kappa shape index (κ3) is 3.03. The summed E-state index contributed by atoms with van der Waals surface area (Å²) in [5.41, 5.74) is 1.95. The van der Waals surface area contributed by atoms with Crippen molar-refractivity contribution in [1.82, 2.24) is 4.90 Å². The molecule has 0 spiro atoms. The molecule has 1 amide bonds. The lowest BCUT2D eigenvalue weighted by Gasteiger charge is -2.36. The molecule has 1 fully saturated rings. The molecule has 1 saturated heterocycles. The predicted octanol–water partition coefficient (Wildman–Crippen LogP) is 2.72. The first-order chi connectivity index (χ1) is 10.3. The van der Waals surface area contributed by atoms with Gasteiger partial charge in [0.2, 0.25) is 0 Å². The van der Waals surface area contributed by atoms with E-state index in [9.17, 15) is 4.79 Å². The molecule has 2 heterocycles. The molecule has 21 heavy (non-hydrogen) atoms. The van der Waals surface area contributed by atoms with Gasteiger partial charge in [0.25, 0.3) is 5.91 Å². The SMILES string of the molecule is COc1cccc(N2CCN(C(=O)c3ccsc3)CC2)c1. The Kier molecular flexibility index (Phi) is 4.10. The van der Waals surface area contributed by atoms with Gasteiger partial charge in [-0.3, -0.25) is 4.79 Å². The lowest BCUT2D eigenvalue weighted by molar-refractivity contribution is 0.0747. The molecular formula is C16H18N2O2S. The molecule has 0 unspecified atom stereocenters. The van der Waals surface area contributed by atoms with E-state index in [2.05, 4.69) is 11.0 Å². The maximum atomic E-state index is 12.3. The zero-order chi connectivity index (χ0) is 14.7.